The highest BCUT2D eigenvalue weighted by Gasteiger charge is 2.24. The highest BCUT2D eigenvalue weighted by molar-refractivity contribution is 7.91. The molecule has 2 aromatic rings. The molecular weight excluding hydrogens is 348 g/mol. The molecule has 24 heavy (non-hydrogen) atoms. The summed E-state index contributed by atoms with van der Waals surface area (Å²) >= 11 is 1.05. The van der Waals surface area contributed by atoms with Crippen LogP contribution in [0.1, 0.15) is 15.9 Å². The van der Waals surface area contributed by atoms with E-state index in [9.17, 15) is 13.2 Å². The Bertz CT molecular complexity index is 838. The number of primary sulfonamides is 1. The van der Waals surface area contributed by atoms with Gasteiger partial charge in [-0.05, 0) is 19.1 Å². The summed E-state index contributed by atoms with van der Waals surface area (Å²) in [6.07, 6.45) is 1.28. The third-order valence-corrected chi connectivity index (χ3v) is 6.35. The first kappa shape index (κ1) is 16.9. The average Bonchev–Trinajstić information content (AvgIpc) is 3.05. The number of aromatic nitrogens is 1. The fourth-order valence-corrected chi connectivity index (χ4v) is 4.10. The second-order valence-corrected chi connectivity index (χ2v) is 8.45. The van der Waals surface area contributed by atoms with E-state index in [0.717, 1.165) is 16.9 Å². The molecule has 0 unspecified atom stereocenters. The molecule has 7 nitrogen and oxygen atoms in total. The van der Waals surface area contributed by atoms with E-state index in [-0.39, 0.29) is 10.1 Å². The number of sulfonamides is 1. The molecule has 0 aliphatic carbocycles. The van der Waals surface area contributed by atoms with Gasteiger partial charge < -0.3 is 9.80 Å². The molecule has 1 aromatic carbocycles. The Morgan fingerprint density at radius 1 is 1.17 bits per heavy atom. The van der Waals surface area contributed by atoms with Gasteiger partial charge in [-0.3, -0.25) is 4.79 Å². The van der Waals surface area contributed by atoms with Crippen LogP contribution >= 0.6 is 11.3 Å². The Kier molecular flexibility index (Phi) is 4.57. The molecule has 0 bridgehead atoms. The second kappa shape index (κ2) is 6.50. The van der Waals surface area contributed by atoms with E-state index in [4.69, 9.17) is 5.14 Å². The predicted molar refractivity (Wildman–Crippen MR) is 92.8 cm³/mol. The number of thiazole rings is 1. The molecule has 1 fully saturated rings. The molecule has 1 amide bonds. The van der Waals surface area contributed by atoms with Gasteiger partial charge in [0.15, 0.2) is 9.34 Å². The zero-order valence-corrected chi connectivity index (χ0v) is 14.8. The Hall–Kier alpha value is -1.97. The van der Waals surface area contributed by atoms with E-state index >= 15 is 0 Å². The number of hydrogen-bond donors (Lipinski definition) is 1. The minimum Gasteiger partial charge on any atom is -0.345 e. The number of nitrogens with zero attached hydrogens (tertiary/aromatic N) is 3. The molecule has 1 saturated heterocycles. The van der Waals surface area contributed by atoms with Crippen molar-refractivity contribution in [2.24, 2.45) is 5.14 Å². The van der Waals surface area contributed by atoms with Crippen molar-refractivity contribution in [2.45, 2.75) is 11.1 Å². The highest BCUT2D eigenvalue weighted by atomic mass is 32.2. The van der Waals surface area contributed by atoms with Crippen LogP contribution in [0.25, 0.3) is 0 Å². The van der Waals surface area contributed by atoms with Crippen LogP contribution in [-0.4, -0.2) is 50.4 Å². The lowest BCUT2D eigenvalue weighted by Crippen LogP contribution is -2.48. The van der Waals surface area contributed by atoms with Gasteiger partial charge in [-0.1, -0.05) is 29.0 Å². The van der Waals surface area contributed by atoms with E-state index in [1.54, 1.807) is 4.90 Å². The van der Waals surface area contributed by atoms with Gasteiger partial charge in [0.2, 0.25) is 10.0 Å². The van der Waals surface area contributed by atoms with E-state index in [1.807, 2.05) is 36.1 Å². The van der Waals surface area contributed by atoms with Gasteiger partial charge in [-0.25, -0.2) is 18.5 Å². The molecule has 9 heteroatoms. The molecule has 0 atom stereocenters. The topological polar surface area (TPSA) is 96.6 Å². The number of benzene rings is 1. The maximum atomic E-state index is 12.5. The van der Waals surface area contributed by atoms with Gasteiger partial charge in [0, 0.05) is 31.7 Å². The van der Waals surface area contributed by atoms with Gasteiger partial charge in [0.1, 0.15) is 0 Å². The zero-order chi connectivity index (χ0) is 17.3. The molecule has 0 spiro atoms. The maximum absolute atomic E-state index is 12.5. The maximum Gasteiger partial charge on any atom is 0.253 e. The molecule has 3 rings (SSSR count). The molecule has 2 heterocycles. The molecule has 128 valence electrons. The number of carbonyl (C=O) groups is 1. The van der Waals surface area contributed by atoms with Crippen molar-refractivity contribution in [2.75, 3.05) is 31.1 Å². The van der Waals surface area contributed by atoms with Crippen LogP contribution < -0.4 is 10.0 Å². The summed E-state index contributed by atoms with van der Waals surface area (Å²) in [6, 6.07) is 7.52. The van der Waals surface area contributed by atoms with Crippen LogP contribution in [0.15, 0.2) is 34.7 Å². The first-order valence-corrected chi connectivity index (χ1v) is 9.80. The van der Waals surface area contributed by atoms with Crippen molar-refractivity contribution in [1.29, 1.82) is 0 Å². The van der Waals surface area contributed by atoms with Crippen LogP contribution in [-0.2, 0) is 10.0 Å². The van der Waals surface area contributed by atoms with Crippen LogP contribution in [0.3, 0.4) is 0 Å². The van der Waals surface area contributed by atoms with Crippen molar-refractivity contribution in [3.05, 3.63) is 41.6 Å². The number of carbonyl (C=O) groups excluding carboxylic acids is 1. The largest absolute Gasteiger partial charge is 0.345 e. The Morgan fingerprint density at radius 2 is 1.79 bits per heavy atom. The van der Waals surface area contributed by atoms with Gasteiger partial charge in [0.05, 0.1) is 6.20 Å². The Balaban J connectivity index is 1.64. The van der Waals surface area contributed by atoms with Crippen molar-refractivity contribution < 1.29 is 13.2 Å². The van der Waals surface area contributed by atoms with Crippen LogP contribution in [0.4, 0.5) is 5.13 Å². The summed E-state index contributed by atoms with van der Waals surface area (Å²) in [5.74, 6) is 0.0130. The number of hydrogen-bond acceptors (Lipinski definition) is 6. The van der Waals surface area contributed by atoms with Crippen molar-refractivity contribution >= 4 is 32.4 Å². The standard InChI is InChI=1S/C15H18N4O3S2/c1-11-2-4-12(5-3-11)14(20)18-6-8-19(9-7-18)15-17-10-13(23-15)24(16,21)22/h2-5,10H,6-9H2,1H3,(H2,16,21,22). The quantitative estimate of drug-likeness (QED) is 0.876. The Labute approximate surface area is 144 Å². The molecule has 2 N–H and O–H groups in total. The normalized spacial score (nSPS) is 15.6. The minimum absolute atomic E-state index is 0.0130. The lowest BCUT2D eigenvalue weighted by Gasteiger charge is -2.34. The SMILES string of the molecule is Cc1ccc(C(=O)N2CCN(c3ncc(S(N)(=O)=O)s3)CC2)cc1. The summed E-state index contributed by atoms with van der Waals surface area (Å²) in [5, 5.41) is 5.72. The molecule has 1 aliphatic rings. The third kappa shape index (κ3) is 3.58. The molecule has 1 aromatic heterocycles. The van der Waals surface area contributed by atoms with Gasteiger partial charge in [-0.2, -0.15) is 0 Å². The second-order valence-electron chi connectivity index (χ2n) is 5.65. The number of piperazine rings is 1. The lowest BCUT2D eigenvalue weighted by molar-refractivity contribution is 0.0747. The number of nitrogens with two attached hydrogens (primary N) is 1. The minimum atomic E-state index is -3.72. The highest BCUT2D eigenvalue weighted by Crippen LogP contribution is 2.26. The third-order valence-electron chi connectivity index (χ3n) is 3.89. The van der Waals surface area contributed by atoms with Crippen LogP contribution in [0.5, 0.6) is 0 Å². The smallest absolute Gasteiger partial charge is 0.253 e. The Morgan fingerprint density at radius 3 is 2.33 bits per heavy atom. The molecule has 0 saturated carbocycles. The first-order chi connectivity index (χ1) is 11.3. The van der Waals surface area contributed by atoms with Crippen LogP contribution in [0, 0.1) is 6.92 Å². The number of amides is 1. The number of anilines is 1. The fraction of sp³-hybridized carbons (Fsp3) is 0.333. The molecular formula is C15H18N4O3S2. The number of rotatable bonds is 3. The summed E-state index contributed by atoms with van der Waals surface area (Å²) < 4.78 is 22.7. The zero-order valence-electron chi connectivity index (χ0n) is 13.2. The van der Waals surface area contributed by atoms with Crippen molar-refractivity contribution in [3.63, 3.8) is 0 Å². The van der Waals surface area contributed by atoms with E-state index < -0.39 is 10.0 Å². The van der Waals surface area contributed by atoms with Crippen molar-refractivity contribution in [3.8, 4) is 0 Å². The van der Waals surface area contributed by atoms with Gasteiger partial charge in [-0.15, -0.1) is 0 Å². The summed E-state index contributed by atoms with van der Waals surface area (Å²) in [7, 11) is -3.72. The summed E-state index contributed by atoms with van der Waals surface area (Å²) in [4.78, 5) is 20.4. The molecule has 0 radical (unpaired) electrons. The average molecular weight is 366 g/mol. The lowest BCUT2D eigenvalue weighted by atomic mass is 10.1. The fourth-order valence-electron chi connectivity index (χ4n) is 2.51. The van der Waals surface area contributed by atoms with Gasteiger partial charge >= 0.3 is 0 Å². The van der Waals surface area contributed by atoms with Gasteiger partial charge in [0.25, 0.3) is 5.91 Å². The van der Waals surface area contributed by atoms with Crippen LogP contribution in [0.2, 0.25) is 0 Å². The first-order valence-electron chi connectivity index (χ1n) is 7.44. The van der Waals surface area contributed by atoms with E-state index in [0.29, 0.717) is 36.9 Å². The summed E-state index contributed by atoms with van der Waals surface area (Å²) in [5.41, 5.74) is 1.80. The monoisotopic (exact) mass is 366 g/mol. The summed E-state index contributed by atoms with van der Waals surface area (Å²) in [6.45, 7) is 4.33. The molecule has 1 aliphatic heterocycles. The predicted octanol–water partition coefficient (Wildman–Crippen LogP) is 1.06. The van der Waals surface area contributed by atoms with Crippen molar-refractivity contribution in [1.82, 2.24) is 9.88 Å². The van der Waals surface area contributed by atoms with E-state index in [2.05, 4.69) is 4.98 Å². The van der Waals surface area contributed by atoms with E-state index in [1.165, 1.54) is 6.20 Å². The number of aryl methyl sites for hydroxylation is 1.